The minimum Gasteiger partial charge on any atom is -0.302 e. The minimum atomic E-state index is -0.0185. The van der Waals surface area contributed by atoms with Crippen LogP contribution in [0.3, 0.4) is 0 Å². The fourth-order valence-electron chi connectivity index (χ4n) is 3.12. The minimum absolute atomic E-state index is 0.0185. The van der Waals surface area contributed by atoms with Crippen molar-refractivity contribution in [2.45, 2.75) is 36.8 Å². The average Bonchev–Trinajstić information content (AvgIpc) is 3.13. The van der Waals surface area contributed by atoms with Crippen LogP contribution in [0, 0.1) is 0 Å². The van der Waals surface area contributed by atoms with Crippen LogP contribution in [0.2, 0.25) is 0 Å². The molecule has 1 aliphatic rings. The number of aromatic nitrogens is 1. The van der Waals surface area contributed by atoms with Gasteiger partial charge in [0.1, 0.15) is 0 Å². The van der Waals surface area contributed by atoms with Crippen molar-refractivity contribution >= 4 is 34.1 Å². The van der Waals surface area contributed by atoms with Crippen LogP contribution in [-0.2, 0) is 17.6 Å². The van der Waals surface area contributed by atoms with Gasteiger partial charge in [-0.25, -0.2) is 4.98 Å². The molecule has 2 aromatic carbocycles. The molecular weight excluding hydrogens is 360 g/mol. The molecule has 1 amide bonds. The maximum absolute atomic E-state index is 12.4. The van der Waals surface area contributed by atoms with Crippen molar-refractivity contribution in [2.24, 2.45) is 0 Å². The van der Waals surface area contributed by atoms with Crippen molar-refractivity contribution in [3.8, 4) is 11.3 Å². The van der Waals surface area contributed by atoms with Gasteiger partial charge < -0.3 is 5.32 Å². The largest absolute Gasteiger partial charge is 0.302 e. The topological polar surface area (TPSA) is 42.0 Å². The number of carbonyl (C=O) groups excluding carboxylic acids is 1. The Morgan fingerprint density at radius 1 is 1.19 bits per heavy atom. The number of hydrogen-bond acceptors (Lipinski definition) is 4. The summed E-state index contributed by atoms with van der Waals surface area (Å²) >= 11 is 3.41. The number of benzene rings is 2. The van der Waals surface area contributed by atoms with Crippen molar-refractivity contribution < 1.29 is 4.79 Å². The van der Waals surface area contributed by atoms with E-state index in [1.54, 1.807) is 11.3 Å². The summed E-state index contributed by atoms with van der Waals surface area (Å²) in [6.07, 6.45) is 1.28. The lowest BCUT2D eigenvalue weighted by Gasteiger charge is -2.06. The van der Waals surface area contributed by atoms with E-state index in [-0.39, 0.29) is 5.91 Å². The molecule has 0 saturated heterocycles. The SMILES string of the molecule is CC(C)Sc1ccc(CC(=O)Nc2nc3c(s2)Cc2ccccc2-3)cc1. The van der Waals surface area contributed by atoms with Gasteiger partial charge in [0.25, 0.3) is 0 Å². The standard InChI is InChI=1S/C21H20N2OS2/c1-13(2)25-16-9-7-14(8-10-16)11-19(24)22-21-23-20-17-6-4-3-5-15(17)12-18(20)26-21/h3-10,13H,11-12H2,1-2H3,(H,22,23,24). The number of nitrogens with zero attached hydrogens (tertiary/aromatic N) is 1. The number of anilines is 1. The molecule has 0 bridgehead atoms. The third-order valence-electron chi connectivity index (χ3n) is 4.23. The molecular formula is C21H20N2OS2. The number of nitrogens with one attached hydrogen (secondary N) is 1. The molecule has 1 N–H and O–H groups in total. The molecule has 0 fully saturated rings. The van der Waals surface area contributed by atoms with Crippen LogP contribution in [0.4, 0.5) is 5.13 Å². The highest BCUT2D eigenvalue weighted by Crippen LogP contribution is 2.40. The zero-order valence-electron chi connectivity index (χ0n) is 14.8. The quantitative estimate of drug-likeness (QED) is 0.472. The predicted octanol–water partition coefficient (Wildman–Crippen LogP) is 5.40. The maximum Gasteiger partial charge on any atom is 0.230 e. The summed E-state index contributed by atoms with van der Waals surface area (Å²) in [6, 6.07) is 16.6. The van der Waals surface area contributed by atoms with Gasteiger partial charge >= 0.3 is 0 Å². The second-order valence-corrected chi connectivity index (χ2v) is 9.39. The lowest BCUT2D eigenvalue weighted by Crippen LogP contribution is -2.14. The number of rotatable bonds is 5. The predicted molar refractivity (Wildman–Crippen MR) is 110 cm³/mol. The third kappa shape index (κ3) is 3.69. The Morgan fingerprint density at radius 2 is 1.96 bits per heavy atom. The fourth-order valence-corrected chi connectivity index (χ4v) is 4.97. The number of thioether (sulfide) groups is 1. The Kier molecular flexibility index (Phi) is 4.83. The molecule has 0 saturated carbocycles. The van der Waals surface area contributed by atoms with Gasteiger partial charge in [-0.15, -0.1) is 23.1 Å². The van der Waals surface area contributed by atoms with E-state index in [2.05, 4.69) is 54.5 Å². The first-order valence-electron chi connectivity index (χ1n) is 8.72. The molecule has 26 heavy (non-hydrogen) atoms. The Bertz CT molecular complexity index is 945. The van der Waals surface area contributed by atoms with E-state index >= 15 is 0 Å². The number of fused-ring (bicyclic) bond motifs is 3. The molecule has 3 nitrogen and oxygen atoms in total. The second kappa shape index (κ2) is 7.25. The van der Waals surface area contributed by atoms with Gasteiger partial charge in [0.2, 0.25) is 5.91 Å². The molecule has 0 radical (unpaired) electrons. The van der Waals surface area contributed by atoms with Crippen LogP contribution < -0.4 is 5.32 Å². The van der Waals surface area contributed by atoms with E-state index in [1.807, 2.05) is 30.0 Å². The van der Waals surface area contributed by atoms with E-state index in [4.69, 9.17) is 0 Å². The number of thiazole rings is 1. The highest BCUT2D eigenvalue weighted by Gasteiger charge is 2.23. The molecule has 1 aromatic heterocycles. The molecule has 0 unspecified atom stereocenters. The van der Waals surface area contributed by atoms with Crippen LogP contribution in [0.25, 0.3) is 11.3 Å². The normalized spacial score (nSPS) is 12.1. The van der Waals surface area contributed by atoms with Gasteiger partial charge in [-0.1, -0.05) is 50.2 Å². The Balaban J connectivity index is 1.41. The van der Waals surface area contributed by atoms with E-state index < -0.39 is 0 Å². The monoisotopic (exact) mass is 380 g/mol. The van der Waals surface area contributed by atoms with Crippen LogP contribution >= 0.6 is 23.1 Å². The van der Waals surface area contributed by atoms with Crippen LogP contribution in [0.15, 0.2) is 53.4 Å². The lowest BCUT2D eigenvalue weighted by atomic mass is 10.1. The van der Waals surface area contributed by atoms with Gasteiger partial charge in [0.05, 0.1) is 12.1 Å². The summed E-state index contributed by atoms with van der Waals surface area (Å²) < 4.78 is 0. The molecule has 3 aromatic rings. The molecule has 1 aliphatic carbocycles. The van der Waals surface area contributed by atoms with Crippen molar-refractivity contribution in [3.63, 3.8) is 0 Å². The zero-order valence-corrected chi connectivity index (χ0v) is 16.4. The second-order valence-electron chi connectivity index (χ2n) is 6.66. The Morgan fingerprint density at radius 3 is 2.73 bits per heavy atom. The summed E-state index contributed by atoms with van der Waals surface area (Å²) in [6.45, 7) is 4.35. The van der Waals surface area contributed by atoms with Gasteiger partial charge in [-0.2, -0.15) is 0 Å². The third-order valence-corrected chi connectivity index (χ3v) is 6.21. The number of amides is 1. The molecule has 0 aliphatic heterocycles. The average molecular weight is 381 g/mol. The summed E-state index contributed by atoms with van der Waals surface area (Å²) in [5.74, 6) is -0.0185. The highest BCUT2D eigenvalue weighted by atomic mass is 32.2. The van der Waals surface area contributed by atoms with Gasteiger partial charge in [0, 0.05) is 27.0 Å². The van der Waals surface area contributed by atoms with Crippen molar-refractivity contribution in [1.29, 1.82) is 0 Å². The van der Waals surface area contributed by atoms with E-state index in [9.17, 15) is 4.79 Å². The number of carbonyl (C=O) groups is 1. The summed E-state index contributed by atoms with van der Waals surface area (Å²) in [7, 11) is 0. The first kappa shape index (κ1) is 17.3. The van der Waals surface area contributed by atoms with Crippen LogP contribution in [0.5, 0.6) is 0 Å². The van der Waals surface area contributed by atoms with Crippen LogP contribution in [0.1, 0.15) is 29.9 Å². The van der Waals surface area contributed by atoms with Crippen LogP contribution in [-0.4, -0.2) is 16.1 Å². The van der Waals surface area contributed by atoms with E-state index in [0.717, 1.165) is 17.7 Å². The Hall–Kier alpha value is -2.11. The molecule has 4 rings (SSSR count). The lowest BCUT2D eigenvalue weighted by molar-refractivity contribution is -0.115. The summed E-state index contributed by atoms with van der Waals surface area (Å²) in [5.41, 5.74) is 4.55. The molecule has 132 valence electrons. The van der Waals surface area contributed by atoms with Gasteiger partial charge in [0.15, 0.2) is 5.13 Å². The smallest absolute Gasteiger partial charge is 0.230 e. The zero-order chi connectivity index (χ0) is 18.1. The Labute approximate surface area is 161 Å². The fraction of sp³-hybridized carbons (Fsp3) is 0.238. The van der Waals surface area contributed by atoms with Crippen molar-refractivity contribution in [2.75, 3.05) is 5.32 Å². The maximum atomic E-state index is 12.4. The van der Waals surface area contributed by atoms with E-state index in [1.165, 1.54) is 20.9 Å². The molecule has 0 atom stereocenters. The van der Waals surface area contributed by atoms with Crippen molar-refractivity contribution in [3.05, 3.63) is 64.5 Å². The number of hydrogen-bond donors (Lipinski definition) is 1. The molecule has 5 heteroatoms. The summed E-state index contributed by atoms with van der Waals surface area (Å²) in [5, 5.41) is 4.21. The first-order chi connectivity index (χ1) is 12.6. The summed E-state index contributed by atoms with van der Waals surface area (Å²) in [4.78, 5) is 19.5. The highest BCUT2D eigenvalue weighted by molar-refractivity contribution is 7.99. The first-order valence-corrected chi connectivity index (χ1v) is 10.4. The van der Waals surface area contributed by atoms with E-state index in [0.29, 0.717) is 16.8 Å². The van der Waals surface area contributed by atoms with Gasteiger partial charge in [-0.05, 0) is 23.3 Å². The van der Waals surface area contributed by atoms with Gasteiger partial charge in [-0.3, -0.25) is 4.79 Å². The van der Waals surface area contributed by atoms with Crippen molar-refractivity contribution in [1.82, 2.24) is 4.98 Å². The molecule has 1 heterocycles. The molecule has 0 spiro atoms.